The van der Waals surface area contributed by atoms with Gasteiger partial charge in [0.25, 0.3) is 0 Å². The van der Waals surface area contributed by atoms with Crippen molar-refractivity contribution < 1.29 is 9.84 Å². The van der Waals surface area contributed by atoms with E-state index in [1.807, 2.05) is 6.92 Å². The van der Waals surface area contributed by atoms with Crippen molar-refractivity contribution in [2.45, 2.75) is 25.6 Å². The molecule has 4 heteroatoms. The molecule has 0 amide bonds. The molecule has 4 nitrogen and oxygen atoms in total. The normalized spacial score (nSPS) is 18.2. The van der Waals surface area contributed by atoms with E-state index in [1.54, 1.807) is 38.0 Å². The molecule has 0 aliphatic heterocycles. The minimum atomic E-state index is -1.00. The van der Waals surface area contributed by atoms with E-state index in [0.717, 1.165) is 5.69 Å². The molecule has 0 aliphatic rings. The first kappa shape index (κ1) is 10.2. The Bertz CT molecular complexity index is 281. The summed E-state index contributed by atoms with van der Waals surface area (Å²) in [7, 11) is 3.38. The van der Waals surface area contributed by atoms with Gasteiger partial charge in [-0.3, -0.25) is 4.68 Å². The molecule has 0 fully saturated rings. The molecule has 2 unspecified atom stereocenters. The van der Waals surface area contributed by atoms with Gasteiger partial charge < -0.3 is 9.84 Å². The molecule has 1 N–H and O–H groups in total. The van der Waals surface area contributed by atoms with Crippen LogP contribution in [0.25, 0.3) is 0 Å². The average Bonchev–Trinajstić information content (AvgIpc) is 2.50. The highest BCUT2D eigenvalue weighted by Gasteiger charge is 2.33. The molecule has 0 saturated carbocycles. The quantitative estimate of drug-likeness (QED) is 0.750. The standard InChI is InChI=1S/C9H16N2O2/c1-7(13-4)9(2,12)8-5-6-10-11(8)3/h5-7,12H,1-4H3. The van der Waals surface area contributed by atoms with Crippen LogP contribution in [0.1, 0.15) is 19.5 Å². The molecule has 0 aromatic carbocycles. The van der Waals surface area contributed by atoms with Crippen LogP contribution in [0.2, 0.25) is 0 Å². The van der Waals surface area contributed by atoms with E-state index in [-0.39, 0.29) is 6.10 Å². The predicted molar refractivity (Wildman–Crippen MR) is 49.2 cm³/mol. The van der Waals surface area contributed by atoms with Crippen LogP contribution in [0, 0.1) is 0 Å². The fraction of sp³-hybridized carbons (Fsp3) is 0.667. The van der Waals surface area contributed by atoms with Gasteiger partial charge in [-0.25, -0.2) is 0 Å². The van der Waals surface area contributed by atoms with Gasteiger partial charge in [-0.15, -0.1) is 0 Å². The number of nitrogens with zero attached hydrogens (tertiary/aromatic N) is 2. The monoisotopic (exact) mass is 184 g/mol. The van der Waals surface area contributed by atoms with E-state index >= 15 is 0 Å². The Balaban J connectivity index is 2.99. The highest BCUT2D eigenvalue weighted by atomic mass is 16.5. The van der Waals surface area contributed by atoms with Crippen molar-refractivity contribution in [1.29, 1.82) is 0 Å². The SMILES string of the molecule is COC(C)C(C)(O)c1ccnn1C. The second-order valence-corrected chi connectivity index (χ2v) is 3.37. The minimum Gasteiger partial charge on any atom is -0.381 e. The molecule has 74 valence electrons. The lowest BCUT2D eigenvalue weighted by atomic mass is 9.96. The number of aromatic nitrogens is 2. The molecule has 1 aromatic rings. The van der Waals surface area contributed by atoms with E-state index in [0.29, 0.717) is 0 Å². The van der Waals surface area contributed by atoms with Gasteiger partial charge in [0.15, 0.2) is 0 Å². The predicted octanol–water partition coefficient (Wildman–Crippen LogP) is 0.663. The van der Waals surface area contributed by atoms with E-state index in [1.165, 1.54) is 0 Å². The maximum absolute atomic E-state index is 10.1. The summed E-state index contributed by atoms with van der Waals surface area (Å²) >= 11 is 0. The van der Waals surface area contributed by atoms with Crippen molar-refractivity contribution in [3.8, 4) is 0 Å². The lowest BCUT2D eigenvalue weighted by Gasteiger charge is -2.29. The smallest absolute Gasteiger partial charge is 0.129 e. The molecule has 0 bridgehead atoms. The van der Waals surface area contributed by atoms with Gasteiger partial charge >= 0.3 is 0 Å². The van der Waals surface area contributed by atoms with Gasteiger partial charge in [-0.2, -0.15) is 5.10 Å². The summed E-state index contributed by atoms with van der Waals surface area (Å²) in [4.78, 5) is 0. The van der Waals surface area contributed by atoms with Gasteiger partial charge in [0, 0.05) is 20.4 Å². The molecular weight excluding hydrogens is 168 g/mol. The minimum absolute atomic E-state index is 0.261. The van der Waals surface area contributed by atoms with Crippen molar-refractivity contribution in [3.05, 3.63) is 18.0 Å². The van der Waals surface area contributed by atoms with E-state index in [4.69, 9.17) is 4.74 Å². The first-order valence-corrected chi connectivity index (χ1v) is 4.23. The number of rotatable bonds is 3. The van der Waals surface area contributed by atoms with Crippen molar-refractivity contribution in [2.24, 2.45) is 7.05 Å². The highest BCUT2D eigenvalue weighted by Crippen LogP contribution is 2.25. The van der Waals surface area contributed by atoms with Crippen LogP contribution >= 0.6 is 0 Å². The number of ether oxygens (including phenoxy) is 1. The second kappa shape index (κ2) is 3.47. The maximum Gasteiger partial charge on any atom is 0.129 e. The van der Waals surface area contributed by atoms with Crippen LogP contribution in [0.5, 0.6) is 0 Å². The van der Waals surface area contributed by atoms with Crippen molar-refractivity contribution in [3.63, 3.8) is 0 Å². The summed E-state index contributed by atoms with van der Waals surface area (Å²) in [5.41, 5.74) is -0.248. The largest absolute Gasteiger partial charge is 0.381 e. The Kier molecular flexibility index (Phi) is 2.73. The summed E-state index contributed by atoms with van der Waals surface area (Å²) in [6.07, 6.45) is 1.40. The molecule has 2 atom stereocenters. The topological polar surface area (TPSA) is 47.3 Å². The van der Waals surface area contributed by atoms with Crippen LogP contribution in [0.4, 0.5) is 0 Å². The average molecular weight is 184 g/mol. The Morgan fingerprint density at radius 3 is 2.69 bits per heavy atom. The number of hydrogen-bond acceptors (Lipinski definition) is 3. The summed E-state index contributed by atoms with van der Waals surface area (Å²) in [5.74, 6) is 0. The summed E-state index contributed by atoms with van der Waals surface area (Å²) in [5, 5.41) is 14.1. The zero-order valence-electron chi connectivity index (χ0n) is 8.48. The van der Waals surface area contributed by atoms with Gasteiger partial charge in [-0.05, 0) is 19.9 Å². The molecule has 1 rings (SSSR count). The first-order valence-electron chi connectivity index (χ1n) is 4.23. The Morgan fingerprint density at radius 1 is 1.69 bits per heavy atom. The summed E-state index contributed by atoms with van der Waals surface area (Å²) in [6, 6.07) is 1.79. The first-order chi connectivity index (χ1) is 6.00. The molecule has 0 aliphatic carbocycles. The van der Waals surface area contributed by atoms with Crippen molar-refractivity contribution in [1.82, 2.24) is 9.78 Å². The third-order valence-corrected chi connectivity index (χ3v) is 2.48. The molecule has 0 spiro atoms. The number of aryl methyl sites for hydroxylation is 1. The number of aliphatic hydroxyl groups is 1. The third-order valence-electron chi connectivity index (χ3n) is 2.48. The Labute approximate surface area is 78.1 Å². The van der Waals surface area contributed by atoms with Gasteiger partial charge in [0.05, 0.1) is 11.8 Å². The van der Waals surface area contributed by atoms with Crippen LogP contribution in [-0.4, -0.2) is 28.1 Å². The fourth-order valence-corrected chi connectivity index (χ4v) is 1.31. The lowest BCUT2D eigenvalue weighted by molar-refractivity contribution is -0.0818. The van der Waals surface area contributed by atoms with Gasteiger partial charge in [0.2, 0.25) is 0 Å². The maximum atomic E-state index is 10.1. The van der Waals surface area contributed by atoms with Gasteiger partial charge in [0.1, 0.15) is 5.60 Å². The summed E-state index contributed by atoms with van der Waals surface area (Å²) in [6.45, 7) is 3.55. The zero-order valence-corrected chi connectivity index (χ0v) is 8.48. The van der Waals surface area contributed by atoms with Gasteiger partial charge in [-0.1, -0.05) is 0 Å². The van der Waals surface area contributed by atoms with Crippen molar-refractivity contribution >= 4 is 0 Å². The lowest BCUT2D eigenvalue weighted by Crippen LogP contribution is -2.37. The van der Waals surface area contributed by atoms with E-state index in [9.17, 15) is 5.11 Å². The second-order valence-electron chi connectivity index (χ2n) is 3.37. The van der Waals surface area contributed by atoms with Crippen LogP contribution in [0.15, 0.2) is 12.3 Å². The molecule has 1 aromatic heterocycles. The molecule has 13 heavy (non-hydrogen) atoms. The Hall–Kier alpha value is -0.870. The third kappa shape index (κ3) is 1.73. The Morgan fingerprint density at radius 2 is 2.31 bits per heavy atom. The molecule has 0 radical (unpaired) electrons. The number of methoxy groups -OCH3 is 1. The summed E-state index contributed by atoms with van der Waals surface area (Å²) < 4.78 is 6.75. The van der Waals surface area contributed by atoms with E-state index in [2.05, 4.69) is 5.10 Å². The molecule has 0 saturated heterocycles. The van der Waals surface area contributed by atoms with E-state index < -0.39 is 5.60 Å². The molecule has 1 heterocycles. The van der Waals surface area contributed by atoms with Crippen LogP contribution in [0.3, 0.4) is 0 Å². The van der Waals surface area contributed by atoms with Crippen LogP contribution in [-0.2, 0) is 17.4 Å². The molecular formula is C9H16N2O2. The fourth-order valence-electron chi connectivity index (χ4n) is 1.31. The number of hydrogen-bond donors (Lipinski definition) is 1. The van der Waals surface area contributed by atoms with Crippen LogP contribution < -0.4 is 0 Å². The highest BCUT2D eigenvalue weighted by molar-refractivity contribution is 5.12. The van der Waals surface area contributed by atoms with Crippen molar-refractivity contribution in [2.75, 3.05) is 7.11 Å². The zero-order chi connectivity index (χ0) is 10.1.